The first-order valence-corrected chi connectivity index (χ1v) is 7.55. The van der Waals surface area contributed by atoms with Gasteiger partial charge in [0.2, 0.25) is 0 Å². The molecule has 0 radical (unpaired) electrons. The van der Waals surface area contributed by atoms with Gasteiger partial charge in [-0.1, -0.05) is 39.7 Å². The fourth-order valence-electron chi connectivity index (χ4n) is 2.48. The molecule has 3 nitrogen and oxygen atoms in total. The lowest BCUT2D eigenvalue weighted by Gasteiger charge is -2.22. The van der Waals surface area contributed by atoms with Gasteiger partial charge in [0, 0.05) is 15.6 Å². The average molecular weight is 350 g/mol. The molecular formula is C17H20BrNO2. The van der Waals surface area contributed by atoms with Crippen molar-refractivity contribution in [3.05, 3.63) is 57.6 Å². The largest absolute Gasteiger partial charge is 0.496 e. The molecule has 1 N–H and O–H groups in total. The van der Waals surface area contributed by atoms with Crippen LogP contribution in [0.2, 0.25) is 0 Å². The van der Waals surface area contributed by atoms with E-state index in [0.717, 1.165) is 27.1 Å². The Morgan fingerprint density at radius 3 is 2.29 bits per heavy atom. The topological polar surface area (TPSA) is 30.5 Å². The molecular weight excluding hydrogens is 330 g/mol. The van der Waals surface area contributed by atoms with E-state index in [-0.39, 0.29) is 6.04 Å². The lowest BCUT2D eigenvalue weighted by atomic mass is 9.95. The third-order valence-electron chi connectivity index (χ3n) is 3.49. The summed E-state index contributed by atoms with van der Waals surface area (Å²) in [6.07, 6.45) is 0. The predicted octanol–water partition coefficient (Wildman–Crippen LogP) is 4.08. The molecule has 0 aliphatic carbocycles. The fraction of sp³-hybridized carbons (Fsp3) is 0.294. The SMILES string of the molecule is CNC(c1ccc(Br)cc1OC)c1cc(C)ccc1OC. The van der Waals surface area contributed by atoms with Crippen LogP contribution < -0.4 is 14.8 Å². The Morgan fingerprint density at radius 1 is 0.952 bits per heavy atom. The summed E-state index contributed by atoms with van der Waals surface area (Å²) in [5.41, 5.74) is 3.37. The molecule has 0 amide bonds. The highest BCUT2D eigenvalue weighted by Gasteiger charge is 2.20. The number of hydrogen-bond acceptors (Lipinski definition) is 3. The summed E-state index contributed by atoms with van der Waals surface area (Å²) in [6.45, 7) is 2.08. The molecule has 0 spiro atoms. The fourth-order valence-corrected chi connectivity index (χ4v) is 2.82. The van der Waals surface area contributed by atoms with Gasteiger partial charge in [0.15, 0.2) is 0 Å². The zero-order valence-corrected chi connectivity index (χ0v) is 14.3. The van der Waals surface area contributed by atoms with E-state index >= 15 is 0 Å². The van der Waals surface area contributed by atoms with E-state index in [4.69, 9.17) is 9.47 Å². The Morgan fingerprint density at radius 2 is 1.67 bits per heavy atom. The number of rotatable bonds is 5. The van der Waals surface area contributed by atoms with Gasteiger partial charge >= 0.3 is 0 Å². The Bertz CT molecular complexity index is 628. The molecule has 0 aliphatic heterocycles. The van der Waals surface area contributed by atoms with Crippen molar-refractivity contribution in [3.8, 4) is 11.5 Å². The Kier molecular flexibility index (Phi) is 5.26. The second-order valence-electron chi connectivity index (χ2n) is 4.85. The van der Waals surface area contributed by atoms with Crippen LogP contribution in [0, 0.1) is 6.92 Å². The molecule has 1 unspecified atom stereocenters. The van der Waals surface area contributed by atoms with Gasteiger partial charge in [0.25, 0.3) is 0 Å². The molecule has 0 fully saturated rings. The van der Waals surface area contributed by atoms with Gasteiger partial charge in [-0.15, -0.1) is 0 Å². The van der Waals surface area contributed by atoms with Crippen LogP contribution in [0.3, 0.4) is 0 Å². The minimum Gasteiger partial charge on any atom is -0.496 e. The maximum atomic E-state index is 5.52. The van der Waals surface area contributed by atoms with Crippen LogP contribution in [0.25, 0.3) is 0 Å². The molecule has 2 aromatic carbocycles. The van der Waals surface area contributed by atoms with Gasteiger partial charge in [-0.2, -0.15) is 0 Å². The molecule has 1 atom stereocenters. The average Bonchev–Trinajstić information content (AvgIpc) is 2.49. The van der Waals surface area contributed by atoms with Crippen LogP contribution in [-0.2, 0) is 0 Å². The van der Waals surface area contributed by atoms with E-state index in [9.17, 15) is 0 Å². The molecule has 0 aliphatic rings. The molecule has 2 rings (SSSR count). The standard InChI is InChI=1S/C17H20BrNO2/c1-11-5-8-15(20-3)14(9-11)17(19-2)13-7-6-12(18)10-16(13)21-4/h5-10,17,19H,1-4H3. The summed E-state index contributed by atoms with van der Waals surface area (Å²) < 4.78 is 12.0. The maximum Gasteiger partial charge on any atom is 0.125 e. The van der Waals surface area contributed by atoms with Gasteiger partial charge in [-0.3, -0.25) is 0 Å². The van der Waals surface area contributed by atoms with Crippen molar-refractivity contribution in [1.29, 1.82) is 0 Å². The highest BCUT2D eigenvalue weighted by molar-refractivity contribution is 9.10. The maximum absolute atomic E-state index is 5.52. The first-order chi connectivity index (χ1) is 10.1. The summed E-state index contributed by atoms with van der Waals surface area (Å²) in [6, 6.07) is 12.2. The monoisotopic (exact) mass is 349 g/mol. The van der Waals surface area contributed by atoms with Gasteiger partial charge in [-0.05, 0) is 32.2 Å². The molecule has 0 bridgehead atoms. The van der Waals surface area contributed by atoms with Crippen molar-refractivity contribution in [2.75, 3.05) is 21.3 Å². The van der Waals surface area contributed by atoms with Gasteiger partial charge in [0.1, 0.15) is 11.5 Å². The van der Waals surface area contributed by atoms with E-state index in [1.165, 1.54) is 5.56 Å². The molecule has 0 aromatic heterocycles. The molecule has 0 saturated heterocycles. The van der Waals surface area contributed by atoms with Crippen molar-refractivity contribution in [3.63, 3.8) is 0 Å². The Labute approximate surface area is 134 Å². The van der Waals surface area contributed by atoms with E-state index < -0.39 is 0 Å². The number of ether oxygens (including phenoxy) is 2. The first kappa shape index (κ1) is 15.9. The summed E-state index contributed by atoms with van der Waals surface area (Å²) in [4.78, 5) is 0. The Balaban J connectivity index is 2.57. The number of hydrogen-bond donors (Lipinski definition) is 1. The predicted molar refractivity (Wildman–Crippen MR) is 89.3 cm³/mol. The number of nitrogens with one attached hydrogen (secondary N) is 1. The third kappa shape index (κ3) is 3.39. The Hall–Kier alpha value is -1.52. The van der Waals surface area contributed by atoms with Crippen LogP contribution in [-0.4, -0.2) is 21.3 Å². The minimum absolute atomic E-state index is 0.00269. The first-order valence-electron chi connectivity index (χ1n) is 6.76. The zero-order chi connectivity index (χ0) is 15.4. The number of halogens is 1. The van der Waals surface area contributed by atoms with E-state index in [0.29, 0.717) is 0 Å². The third-order valence-corrected chi connectivity index (χ3v) is 3.98. The lowest BCUT2D eigenvalue weighted by molar-refractivity contribution is 0.395. The van der Waals surface area contributed by atoms with Gasteiger partial charge in [0.05, 0.1) is 20.3 Å². The van der Waals surface area contributed by atoms with E-state index in [1.807, 2.05) is 31.3 Å². The summed E-state index contributed by atoms with van der Waals surface area (Å²) >= 11 is 3.48. The van der Waals surface area contributed by atoms with Crippen molar-refractivity contribution < 1.29 is 9.47 Å². The van der Waals surface area contributed by atoms with Gasteiger partial charge in [-0.25, -0.2) is 0 Å². The summed E-state index contributed by atoms with van der Waals surface area (Å²) in [7, 11) is 5.32. The van der Waals surface area contributed by atoms with Crippen molar-refractivity contribution in [2.45, 2.75) is 13.0 Å². The second-order valence-corrected chi connectivity index (χ2v) is 5.77. The highest BCUT2D eigenvalue weighted by Crippen LogP contribution is 2.36. The summed E-state index contributed by atoms with van der Waals surface area (Å²) in [5, 5.41) is 3.36. The number of methoxy groups -OCH3 is 2. The second kappa shape index (κ2) is 6.96. The van der Waals surface area contributed by atoms with Crippen LogP contribution >= 0.6 is 15.9 Å². The van der Waals surface area contributed by atoms with E-state index in [1.54, 1.807) is 14.2 Å². The molecule has 2 aromatic rings. The van der Waals surface area contributed by atoms with Gasteiger partial charge < -0.3 is 14.8 Å². The van der Waals surface area contributed by atoms with Crippen LogP contribution in [0.15, 0.2) is 40.9 Å². The quantitative estimate of drug-likeness (QED) is 0.881. The number of aryl methyl sites for hydroxylation is 1. The normalized spacial score (nSPS) is 12.0. The minimum atomic E-state index is 0.00269. The highest BCUT2D eigenvalue weighted by atomic mass is 79.9. The van der Waals surface area contributed by atoms with Crippen molar-refractivity contribution in [1.82, 2.24) is 5.32 Å². The molecule has 0 heterocycles. The van der Waals surface area contributed by atoms with Crippen LogP contribution in [0.4, 0.5) is 0 Å². The van der Waals surface area contributed by atoms with Crippen molar-refractivity contribution in [2.24, 2.45) is 0 Å². The van der Waals surface area contributed by atoms with Crippen LogP contribution in [0.5, 0.6) is 11.5 Å². The smallest absolute Gasteiger partial charge is 0.125 e. The molecule has 21 heavy (non-hydrogen) atoms. The molecule has 0 saturated carbocycles. The zero-order valence-electron chi connectivity index (χ0n) is 12.7. The lowest BCUT2D eigenvalue weighted by Crippen LogP contribution is -2.19. The van der Waals surface area contributed by atoms with Crippen molar-refractivity contribution >= 4 is 15.9 Å². The molecule has 4 heteroatoms. The summed E-state index contributed by atoms with van der Waals surface area (Å²) in [5.74, 6) is 1.71. The number of benzene rings is 2. The van der Waals surface area contributed by atoms with E-state index in [2.05, 4.69) is 40.3 Å². The molecule has 112 valence electrons. The van der Waals surface area contributed by atoms with Crippen LogP contribution in [0.1, 0.15) is 22.7 Å².